The fourth-order valence-corrected chi connectivity index (χ4v) is 2.44. The van der Waals surface area contributed by atoms with E-state index in [1.807, 2.05) is 6.07 Å². The van der Waals surface area contributed by atoms with Crippen LogP contribution in [-0.4, -0.2) is 22.2 Å². The lowest BCUT2D eigenvalue weighted by atomic mass is 10.2. The SMILES string of the molecule is N[C@H](C(=O)O)c1ccc(CCCCC(=O)O)s1. The van der Waals surface area contributed by atoms with Gasteiger partial charge in [-0.25, -0.2) is 0 Å². The standard InChI is InChI=1S/C11H15NO4S/c12-10(11(15)16)8-6-5-7(17-8)3-1-2-4-9(13)14/h5-6,10H,1-4,12H2,(H,13,14)(H,15,16)/t10-/m0/s1. The molecule has 1 heterocycles. The molecule has 5 nitrogen and oxygen atoms in total. The molecule has 0 spiro atoms. The van der Waals surface area contributed by atoms with Gasteiger partial charge in [0.15, 0.2) is 0 Å². The van der Waals surface area contributed by atoms with Gasteiger partial charge < -0.3 is 15.9 Å². The minimum Gasteiger partial charge on any atom is -0.481 e. The maximum atomic E-state index is 10.7. The minimum atomic E-state index is -1.04. The second-order valence-electron chi connectivity index (χ2n) is 3.72. The maximum Gasteiger partial charge on any atom is 0.325 e. The minimum absolute atomic E-state index is 0.173. The van der Waals surface area contributed by atoms with Gasteiger partial charge in [-0.3, -0.25) is 9.59 Å². The van der Waals surface area contributed by atoms with Crippen LogP contribution < -0.4 is 5.73 Å². The van der Waals surface area contributed by atoms with Crippen LogP contribution in [0.15, 0.2) is 12.1 Å². The first-order valence-corrected chi connectivity index (χ1v) is 6.11. The van der Waals surface area contributed by atoms with E-state index >= 15 is 0 Å². The molecule has 1 rings (SSSR count). The monoisotopic (exact) mass is 257 g/mol. The molecule has 0 bridgehead atoms. The van der Waals surface area contributed by atoms with E-state index in [1.165, 1.54) is 11.3 Å². The summed E-state index contributed by atoms with van der Waals surface area (Å²) in [7, 11) is 0. The van der Waals surface area contributed by atoms with Crippen molar-refractivity contribution in [3.05, 3.63) is 21.9 Å². The van der Waals surface area contributed by atoms with Crippen LogP contribution in [0.3, 0.4) is 0 Å². The van der Waals surface area contributed by atoms with E-state index in [1.54, 1.807) is 6.07 Å². The van der Waals surface area contributed by atoms with Gasteiger partial charge in [0.1, 0.15) is 6.04 Å². The average molecular weight is 257 g/mol. The molecular weight excluding hydrogens is 242 g/mol. The predicted molar refractivity (Wildman–Crippen MR) is 64.1 cm³/mol. The van der Waals surface area contributed by atoms with Crippen molar-refractivity contribution >= 4 is 23.3 Å². The van der Waals surface area contributed by atoms with Gasteiger partial charge in [0.25, 0.3) is 0 Å². The molecular formula is C11H15NO4S. The number of hydrogen-bond acceptors (Lipinski definition) is 4. The number of carbonyl (C=O) groups is 2. The number of thiophene rings is 1. The lowest BCUT2D eigenvalue weighted by molar-refractivity contribution is -0.139. The van der Waals surface area contributed by atoms with Crippen molar-refractivity contribution in [2.45, 2.75) is 31.7 Å². The van der Waals surface area contributed by atoms with Crippen molar-refractivity contribution in [2.75, 3.05) is 0 Å². The molecule has 0 amide bonds. The largest absolute Gasteiger partial charge is 0.481 e. The van der Waals surface area contributed by atoms with E-state index in [0.29, 0.717) is 11.3 Å². The number of nitrogens with two attached hydrogens (primary N) is 1. The molecule has 0 saturated carbocycles. The molecule has 4 N–H and O–H groups in total. The molecule has 0 aliphatic heterocycles. The predicted octanol–water partition coefficient (Wildman–Crippen LogP) is 1.63. The molecule has 0 saturated heterocycles. The molecule has 0 unspecified atom stereocenters. The quantitative estimate of drug-likeness (QED) is 0.644. The van der Waals surface area contributed by atoms with Crippen LogP contribution in [0.25, 0.3) is 0 Å². The van der Waals surface area contributed by atoms with E-state index in [9.17, 15) is 9.59 Å². The first-order valence-electron chi connectivity index (χ1n) is 5.29. The van der Waals surface area contributed by atoms with E-state index in [-0.39, 0.29) is 6.42 Å². The van der Waals surface area contributed by atoms with E-state index < -0.39 is 18.0 Å². The Bertz CT molecular complexity index is 402. The van der Waals surface area contributed by atoms with E-state index in [0.717, 1.165) is 17.7 Å². The lowest BCUT2D eigenvalue weighted by Gasteiger charge is -2.01. The van der Waals surface area contributed by atoms with Crippen molar-refractivity contribution < 1.29 is 19.8 Å². The summed E-state index contributed by atoms with van der Waals surface area (Å²) < 4.78 is 0. The number of aliphatic carboxylic acids is 2. The zero-order valence-electron chi connectivity index (χ0n) is 9.26. The molecule has 17 heavy (non-hydrogen) atoms. The summed E-state index contributed by atoms with van der Waals surface area (Å²) in [6, 6.07) is 2.60. The highest BCUT2D eigenvalue weighted by atomic mass is 32.1. The number of aryl methyl sites for hydroxylation is 1. The molecule has 6 heteroatoms. The molecule has 1 aromatic heterocycles. The molecule has 1 aromatic rings. The molecule has 0 aliphatic rings. The fraction of sp³-hybridized carbons (Fsp3) is 0.455. The van der Waals surface area contributed by atoms with Crippen molar-refractivity contribution in [1.29, 1.82) is 0 Å². The van der Waals surface area contributed by atoms with Crippen molar-refractivity contribution in [2.24, 2.45) is 5.73 Å². The van der Waals surface area contributed by atoms with Gasteiger partial charge in [-0.05, 0) is 31.4 Å². The number of unbranched alkanes of at least 4 members (excludes halogenated alkanes) is 1. The Kier molecular flexibility index (Phi) is 5.11. The van der Waals surface area contributed by atoms with Gasteiger partial charge in [0.2, 0.25) is 0 Å². The Labute approximate surface area is 103 Å². The maximum absolute atomic E-state index is 10.7. The Balaban J connectivity index is 2.41. The van der Waals surface area contributed by atoms with Gasteiger partial charge >= 0.3 is 11.9 Å². The third-order valence-corrected chi connectivity index (χ3v) is 3.55. The van der Waals surface area contributed by atoms with Crippen LogP contribution in [0, 0.1) is 0 Å². The van der Waals surface area contributed by atoms with Crippen LogP contribution in [0.5, 0.6) is 0 Å². The topological polar surface area (TPSA) is 101 Å². The molecule has 0 fully saturated rings. The van der Waals surface area contributed by atoms with Gasteiger partial charge in [-0.1, -0.05) is 0 Å². The van der Waals surface area contributed by atoms with E-state index in [2.05, 4.69) is 0 Å². The summed E-state index contributed by atoms with van der Waals surface area (Å²) in [5.74, 6) is -1.82. The van der Waals surface area contributed by atoms with Crippen LogP contribution in [0.1, 0.15) is 35.1 Å². The highest BCUT2D eigenvalue weighted by Gasteiger charge is 2.16. The van der Waals surface area contributed by atoms with Crippen molar-refractivity contribution in [3.8, 4) is 0 Å². The Morgan fingerprint density at radius 3 is 2.59 bits per heavy atom. The molecule has 0 aromatic carbocycles. The van der Waals surface area contributed by atoms with Crippen molar-refractivity contribution in [3.63, 3.8) is 0 Å². The molecule has 94 valence electrons. The van der Waals surface area contributed by atoms with Gasteiger partial charge in [0, 0.05) is 16.2 Å². The first-order chi connectivity index (χ1) is 8.00. The first kappa shape index (κ1) is 13.7. The normalized spacial score (nSPS) is 12.3. The summed E-state index contributed by atoms with van der Waals surface area (Å²) in [4.78, 5) is 22.6. The zero-order chi connectivity index (χ0) is 12.8. The summed E-state index contributed by atoms with van der Waals surface area (Å²) in [5, 5.41) is 17.2. The Hall–Kier alpha value is -1.40. The van der Waals surface area contributed by atoms with Crippen LogP contribution in [0.4, 0.5) is 0 Å². The van der Waals surface area contributed by atoms with E-state index in [4.69, 9.17) is 15.9 Å². The number of hydrogen-bond donors (Lipinski definition) is 3. The summed E-state index contributed by atoms with van der Waals surface area (Å²) >= 11 is 1.37. The fourth-order valence-electron chi connectivity index (χ4n) is 1.39. The zero-order valence-corrected chi connectivity index (χ0v) is 10.1. The highest BCUT2D eigenvalue weighted by molar-refractivity contribution is 7.12. The van der Waals surface area contributed by atoms with Gasteiger partial charge in [0.05, 0.1) is 0 Å². The molecule has 0 radical (unpaired) electrons. The molecule has 0 aliphatic carbocycles. The van der Waals surface area contributed by atoms with Crippen LogP contribution in [-0.2, 0) is 16.0 Å². The second kappa shape index (κ2) is 6.36. The lowest BCUT2D eigenvalue weighted by Crippen LogP contribution is -2.19. The third-order valence-electron chi connectivity index (χ3n) is 2.32. The smallest absolute Gasteiger partial charge is 0.325 e. The van der Waals surface area contributed by atoms with Gasteiger partial charge in [-0.2, -0.15) is 0 Å². The summed E-state index contributed by atoms with van der Waals surface area (Å²) in [6.45, 7) is 0. The Morgan fingerprint density at radius 1 is 1.29 bits per heavy atom. The summed E-state index contributed by atoms with van der Waals surface area (Å²) in [5.41, 5.74) is 5.48. The summed E-state index contributed by atoms with van der Waals surface area (Å²) in [6.07, 6.45) is 2.36. The number of carboxylic acid groups (broad SMARTS) is 2. The second-order valence-corrected chi connectivity index (χ2v) is 4.92. The van der Waals surface area contributed by atoms with Gasteiger partial charge in [-0.15, -0.1) is 11.3 Å². The third kappa shape index (κ3) is 4.54. The number of carboxylic acids is 2. The molecule has 1 atom stereocenters. The highest BCUT2D eigenvalue weighted by Crippen LogP contribution is 2.23. The number of rotatable bonds is 7. The average Bonchev–Trinajstić information content (AvgIpc) is 2.71. The van der Waals surface area contributed by atoms with Crippen LogP contribution >= 0.6 is 11.3 Å². The van der Waals surface area contributed by atoms with Crippen LogP contribution in [0.2, 0.25) is 0 Å². The Morgan fingerprint density at radius 2 is 2.00 bits per heavy atom. The van der Waals surface area contributed by atoms with Crippen molar-refractivity contribution in [1.82, 2.24) is 0 Å².